The third-order valence-corrected chi connectivity index (χ3v) is 2.32. The van der Waals surface area contributed by atoms with Gasteiger partial charge in [0.1, 0.15) is 22.9 Å². The van der Waals surface area contributed by atoms with Gasteiger partial charge in [-0.2, -0.15) is 0 Å². The SMILES string of the molecule is O=C(Nc1ccc(F)cc1)c1c(O)cccc1F. The lowest BCUT2D eigenvalue weighted by Gasteiger charge is -2.07. The number of amides is 1. The number of anilines is 1. The highest BCUT2D eigenvalue weighted by Crippen LogP contribution is 2.21. The molecule has 3 nitrogen and oxygen atoms in total. The summed E-state index contributed by atoms with van der Waals surface area (Å²) >= 11 is 0. The van der Waals surface area contributed by atoms with Crippen molar-refractivity contribution in [2.45, 2.75) is 0 Å². The van der Waals surface area contributed by atoms with Gasteiger partial charge in [0.25, 0.3) is 5.91 Å². The molecule has 2 aromatic rings. The lowest BCUT2D eigenvalue weighted by Crippen LogP contribution is -2.13. The minimum Gasteiger partial charge on any atom is -0.507 e. The molecular weight excluding hydrogens is 240 g/mol. The summed E-state index contributed by atoms with van der Waals surface area (Å²) in [5.74, 6) is -2.51. The maximum atomic E-state index is 13.4. The van der Waals surface area contributed by atoms with E-state index in [1.165, 1.54) is 24.3 Å². The number of hydrogen-bond donors (Lipinski definition) is 2. The molecule has 0 aliphatic heterocycles. The Kier molecular flexibility index (Phi) is 3.23. The quantitative estimate of drug-likeness (QED) is 0.859. The van der Waals surface area contributed by atoms with Gasteiger partial charge < -0.3 is 10.4 Å². The molecule has 2 aromatic carbocycles. The second-order valence-corrected chi connectivity index (χ2v) is 3.59. The van der Waals surface area contributed by atoms with Crippen LogP contribution >= 0.6 is 0 Å². The number of phenols is 1. The Hall–Kier alpha value is -2.43. The Morgan fingerprint density at radius 2 is 1.72 bits per heavy atom. The summed E-state index contributed by atoms with van der Waals surface area (Å²) in [4.78, 5) is 11.7. The smallest absolute Gasteiger partial charge is 0.262 e. The van der Waals surface area contributed by atoms with Gasteiger partial charge in [0.05, 0.1) is 0 Å². The Labute approximate surface area is 102 Å². The van der Waals surface area contributed by atoms with Crippen LogP contribution in [0.15, 0.2) is 42.5 Å². The molecule has 0 aromatic heterocycles. The number of carbonyl (C=O) groups excluding carboxylic acids is 1. The molecule has 18 heavy (non-hydrogen) atoms. The average Bonchev–Trinajstić information content (AvgIpc) is 2.32. The van der Waals surface area contributed by atoms with E-state index in [0.717, 1.165) is 18.2 Å². The van der Waals surface area contributed by atoms with Crippen molar-refractivity contribution >= 4 is 11.6 Å². The van der Waals surface area contributed by atoms with Crippen molar-refractivity contribution in [3.8, 4) is 5.75 Å². The summed E-state index contributed by atoms with van der Waals surface area (Å²) in [6.45, 7) is 0. The molecule has 0 radical (unpaired) electrons. The second-order valence-electron chi connectivity index (χ2n) is 3.59. The zero-order chi connectivity index (χ0) is 13.1. The third-order valence-electron chi connectivity index (χ3n) is 2.32. The molecule has 5 heteroatoms. The molecule has 0 aliphatic rings. The maximum Gasteiger partial charge on any atom is 0.262 e. The molecule has 2 rings (SSSR count). The van der Waals surface area contributed by atoms with Crippen LogP contribution in [0.25, 0.3) is 0 Å². The van der Waals surface area contributed by atoms with Crippen molar-refractivity contribution in [1.29, 1.82) is 0 Å². The Bertz CT molecular complexity index is 562. The molecule has 0 unspecified atom stereocenters. The topological polar surface area (TPSA) is 49.3 Å². The summed E-state index contributed by atoms with van der Waals surface area (Å²) in [7, 11) is 0. The third kappa shape index (κ3) is 2.45. The number of carbonyl (C=O) groups is 1. The Morgan fingerprint density at radius 3 is 2.33 bits per heavy atom. The van der Waals surface area contributed by atoms with Gasteiger partial charge in [-0.25, -0.2) is 8.78 Å². The Balaban J connectivity index is 2.25. The number of aromatic hydroxyl groups is 1. The molecule has 2 N–H and O–H groups in total. The van der Waals surface area contributed by atoms with Gasteiger partial charge >= 0.3 is 0 Å². The van der Waals surface area contributed by atoms with Crippen LogP contribution < -0.4 is 5.32 Å². The standard InChI is InChI=1S/C13H9F2NO2/c14-8-4-6-9(7-5-8)16-13(18)12-10(15)2-1-3-11(12)17/h1-7,17H,(H,16,18). The van der Waals surface area contributed by atoms with Gasteiger partial charge in [0, 0.05) is 5.69 Å². The highest BCUT2D eigenvalue weighted by Gasteiger charge is 2.16. The van der Waals surface area contributed by atoms with Crippen molar-refractivity contribution in [2.75, 3.05) is 5.32 Å². The fourth-order valence-electron chi connectivity index (χ4n) is 1.46. The molecule has 0 saturated heterocycles. The first-order valence-corrected chi connectivity index (χ1v) is 5.12. The largest absolute Gasteiger partial charge is 0.507 e. The van der Waals surface area contributed by atoms with Crippen LogP contribution in [0.3, 0.4) is 0 Å². The zero-order valence-electron chi connectivity index (χ0n) is 9.15. The lowest BCUT2D eigenvalue weighted by atomic mass is 10.1. The summed E-state index contributed by atoms with van der Waals surface area (Å²) in [6.07, 6.45) is 0. The minimum atomic E-state index is -0.824. The number of phenolic OH excluding ortho intramolecular Hbond substituents is 1. The first kappa shape index (κ1) is 12.0. The monoisotopic (exact) mass is 249 g/mol. The summed E-state index contributed by atoms with van der Waals surface area (Å²) in [5, 5.41) is 11.8. The maximum absolute atomic E-state index is 13.4. The van der Waals surface area contributed by atoms with E-state index in [4.69, 9.17) is 0 Å². The van der Waals surface area contributed by atoms with Gasteiger partial charge in [-0.05, 0) is 36.4 Å². The fraction of sp³-hybridized carbons (Fsp3) is 0. The van der Waals surface area contributed by atoms with E-state index in [-0.39, 0.29) is 0 Å². The molecular formula is C13H9F2NO2. The average molecular weight is 249 g/mol. The Morgan fingerprint density at radius 1 is 1.06 bits per heavy atom. The zero-order valence-corrected chi connectivity index (χ0v) is 9.15. The fourth-order valence-corrected chi connectivity index (χ4v) is 1.46. The molecule has 0 saturated carbocycles. The van der Waals surface area contributed by atoms with Crippen LogP contribution in [0.2, 0.25) is 0 Å². The molecule has 0 fully saturated rings. The van der Waals surface area contributed by atoms with Crippen molar-refractivity contribution in [2.24, 2.45) is 0 Å². The van der Waals surface area contributed by atoms with E-state index in [1.54, 1.807) is 0 Å². The molecule has 0 spiro atoms. The van der Waals surface area contributed by atoms with Crippen molar-refractivity contribution < 1.29 is 18.7 Å². The minimum absolute atomic E-state index is 0.309. The normalized spacial score (nSPS) is 10.1. The lowest BCUT2D eigenvalue weighted by molar-refractivity contribution is 0.102. The predicted molar refractivity (Wildman–Crippen MR) is 62.4 cm³/mol. The molecule has 1 amide bonds. The van der Waals surface area contributed by atoms with E-state index >= 15 is 0 Å². The number of halogens is 2. The number of benzene rings is 2. The van der Waals surface area contributed by atoms with E-state index in [1.807, 2.05) is 0 Å². The molecule has 92 valence electrons. The first-order valence-electron chi connectivity index (χ1n) is 5.12. The van der Waals surface area contributed by atoms with E-state index < -0.39 is 28.9 Å². The van der Waals surface area contributed by atoms with E-state index in [9.17, 15) is 18.7 Å². The molecule has 0 bridgehead atoms. The summed E-state index contributed by atoms with van der Waals surface area (Å²) in [5.41, 5.74) is -0.133. The van der Waals surface area contributed by atoms with Gasteiger partial charge in [-0.1, -0.05) is 6.07 Å². The van der Waals surface area contributed by atoms with Gasteiger partial charge in [0.15, 0.2) is 0 Å². The molecule has 0 atom stereocenters. The highest BCUT2D eigenvalue weighted by atomic mass is 19.1. The molecule has 0 heterocycles. The van der Waals surface area contributed by atoms with Crippen LogP contribution in [-0.2, 0) is 0 Å². The van der Waals surface area contributed by atoms with Crippen LogP contribution in [0.5, 0.6) is 5.75 Å². The van der Waals surface area contributed by atoms with Crippen LogP contribution in [-0.4, -0.2) is 11.0 Å². The number of nitrogens with one attached hydrogen (secondary N) is 1. The number of rotatable bonds is 2. The molecule has 0 aliphatic carbocycles. The first-order chi connectivity index (χ1) is 8.58. The van der Waals surface area contributed by atoms with E-state index in [0.29, 0.717) is 5.69 Å². The van der Waals surface area contributed by atoms with E-state index in [2.05, 4.69) is 5.32 Å². The summed E-state index contributed by atoms with van der Waals surface area (Å²) in [6, 6.07) is 8.57. The van der Waals surface area contributed by atoms with Crippen LogP contribution in [0.1, 0.15) is 10.4 Å². The van der Waals surface area contributed by atoms with Crippen molar-refractivity contribution in [1.82, 2.24) is 0 Å². The predicted octanol–water partition coefficient (Wildman–Crippen LogP) is 2.92. The van der Waals surface area contributed by atoms with Crippen molar-refractivity contribution in [3.05, 3.63) is 59.7 Å². The van der Waals surface area contributed by atoms with Crippen LogP contribution in [0.4, 0.5) is 14.5 Å². The van der Waals surface area contributed by atoms with Crippen LogP contribution in [0, 0.1) is 11.6 Å². The summed E-state index contributed by atoms with van der Waals surface area (Å²) < 4.78 is 26.0. The van der Waals surface area contributed by atoms with Crippen molar-refractivity contribution in [3.63, 3.8) is 0 Å². The van der Waals surface area contributed by atoms with Gasteiger partial charge in [-0.3, -0.25) is 4.79 Å². The van der Waals surface area contributed by atoms with Gasteiger partial charge in [-0.15, -0.1) is 0 Å². The highest BCUT2D eigenvalue weighted by molar-refractivity contribution is 6.06. The number of hydrogen-bond acceptors (Lipinski definition) is 2. The second kappa shape index (κ2) is 4.83. The van der Waals surface area contributed by atoms with Gasteiger partial charge in [0.2, 0.25) is 0 Å².